The fourth-order valence-electron chi connectivity index (χ4n) is 5.84. The number of likely N-dealkylation sites (N-methyl/N-ethyl adjacent to an activating group) is 1. The molecule has 216 valence electrons. The molecule has 3 N–H and O–H groups in total. The lowest BCUT2D eigenvalue weighted by molar-refractivity contribution is -0.0573. The molecule has 1 fully saturated rings. The second-order valence-electron chi connectivity index (χ2n) is 11.9. The van der Waals surface area contributed by atoms with Gasteiger partial charge in [-0.25, -0.2) is 4.79 Å². The van der Waals surface area contributed by atoms with E-state index in [0.717, 1.165) is 56.4 Å². The smallest absolute Gasteiger partial charge is 0.317 e. The Kier molecular flexibility index (Phi) is 12.1. The summed E-state index contributed by atoms with van der Waals surface area (Å²) in [6.07, 6.45) is 6.43. The monoisotopic (exact) mass is 537 g/mol. The largest absolute Gasteiger partial charge is 0.457 e. The summed E-state index contributed by atoms with van der Waals surface area (Å²) in [6, 6.07) is 17.7. The van der Waals surface area contributed by atoms with E-state index in [0.29, 0.717) is 37.1 Å². The summed E-state index contributed by atoms with van der Waals surface area (Å²) >= 11 is 0. The number of nitrogens with zero attached hydrogens (tertiary/aromatic N) is 1. The number of piperidine rings is 1. The van der Waals surface area contributed by atoms with Crippen molar-refractivity contribution in [2.45, 2.75) is 84.3 Å². The zero-order chi connectivity index (χ0) is 28.3. The van der Waals surface area contributed by atoms with Crippen LogP contribution in [0.5, 0.6) is 11.5 Å². The van der Waals surface area contributed by atoms with Gasteiger partial charge in [0.1, 0.15) is 11.5 Å². The molecule has 0 spiro atoms. The van der Waals surface area contributed by atoms with Crippen molar-refractivity contribution >= 4 is 6.03 Å². The Bertz CT molecular complexity index is 999. The van der Waals surface area contributed by atoms with Crippen LogP contribution in [0.3, 0.4) is 0 Å². The first-order valence-electron chi connectivity index (χ1n) is 15.0. The van der Waals surface area contributed by atoms with E-state index in [4.69, 9.17) is 4.74 Å². The number of aliphatic hydroxyl groups is 1. The second-order valence-corrected chi connectivity index (χ2v) is 11.9. The first kappa shape index (κ1) is 31.0. The predicted molar refractivity (Wildman–Crippen MR) is 160 cm³/mol. The quantitative estimate of drug-likeness (QED) is 0.244. The molecule has 2 aromatic carbocycles. The van der Waals surface area contributed by atoms with Crippen molar-refractivity contribution < 1.29 is 14.6 Å². The summed E-state index contributed by atoms with van der Waals surface area (Å²) in [7, 11) is 1.92. The van der Waals surface area contributed by atoms with Gasteiger partial charge in [0.05, 0.1) is 5.60 Å². The number of hydrogen-bond donors (Lipinski definition) is 3. The molecule has 2 aromatic rings. The highest BCUT2D eigenvalue weighted by atomic mass is 16.5. The molecule has 0 aliphatic carbocycles. The number of carbonyl (C=O) groups is 1. The lowest BCUT2D eigenvalue weighted by atomic mass is 9.73. The maximum Gasteiger partial charge on any atom is 0.317 e. The molecule has 6 nitrogen and oxygen atoms in total. The number of rotatable bonds is 14. The fourth-order valence-corrected chi connectivity index (χ4v) is 5.84. The van der Waals surface area contributed by atoms with Gasteiger partial charge < -0.3 is 25.4 Å². The Balaban J connectivity index is 1.86. The molecule has 1 unspecified atom stereocenters. The van der Waals surface area contributed by atoms with Crippen LogP contribution in [0, 0.1) is 17.8 Å². The topological polar surface area (TPSA) is 73.8 Å². The molecule has 0 aromatic heterocycles. The van der Waals surface area contributed by atoms with Crippen LogP contribution in [0.15, 0.2) is 54.6 Å². The van der Waals surface area contributed by atoms with Crippen molar-refractivity contribution in [3.8, 4) is 11.5 Å². The minimum absolute atomic E-state index is 0.0311. The molecule has 1 aliphatic heterocycles. The van der Waals surface area contributed by atoms with Crippen LogP contribution in [0.4, 0.5) is 4.79 Å². The molecule has 0 bridgehead atoms. The summed E-state index contributed by atoms with van der Waals surface area (Å²) in [5.41, 5.74) is -0.279. The van der Waals surface area contributed by atoms with E-state index in [1.807, 2.05) is 66.5 Å². The molecule has 2 amide bonds. The lowest BCUT2D eigenvalue weighted by Gasteiger charge is -2.43. The van der Waals surface area contributed by atoms with Gasteiger partial charge in [0.2, 0.25) is 0 Å². The minimum Gasteiger partial charge on any atom is -0.457 e. The Labute approximate surface area is 236 Å². The van der Waals surface area contributed by atoms with Gasteiger partial charge in [0, 0.05) is 37.2 Å². The lowest BCUT2D eigenvalue weighted by Crippen LogP contribution is -2.54. The molecule has 39 heavy (non-hydrogen) atoms. The molecule has 6 heteroatoms. The number of likely N-dealkylation sites (tertiary alicyclic amines) is 1. The SMILES string of the molecule is CCC(C)CCC[C@@](O)(c1ccccc1Oc1ccccc1)[C@@H]1CCCN(C(=O)N[C@H](CNC)CC(C)C)C1. The molecule has 0 radical (unpaired) electrons. The zero-order valence-corrected chi connectivity index (χ0v) is 24.8. The molecule has 3 rings (SSSR count). The van der Waals surface area contributed by atoms with E-state index in [1.54, 1.807) is 0 Å². The number of para-hydroxylation sites is 2. The van der Waals surface area contributed by atoms with Crippen LogP contribution in [-0.4, -0.2) is 48.8 Å². The van der Waals surface area contributed by atoms with Crippen LogP contribution < -0.4 is 15.4 Å². The molecule has 1 saturated heterocycles. The van der Waals surface area contributed by atoms with E-state index in [9.17, 15) is 9.90 Å². The second kappa shape index (κ2) is 15.3. The Morgan fingerprint density at radius 3 is 2.54 bits per heavy atom. The summed E-state index contributed by atoms with van der Waals surface area (Å²) in [5.74, 6) is 2.46. The van der Waals surface area contributed by atoms with E-state index in [1.165, 1.54) is 0 Å². The summed E-state index contributed by atoms with van der Waals surface area (Å²) in [6.45, 7) is 10.8. The molecule has 1 heterocycles. The van der Waals surface area contributed by atoms with Crippen LogP contribution >= 0.6 is 0 Å². The summed E-state index contributed by atoms with van der Waals surface area (Å²) < 4.78 is 6.33. The number of ether oxygens (including phenoxy) is 1. The van der Waals surface area contributed by atoms with Crippen molar-refractivity contribution in [2.24, 2.45) is 17.8 Å². The van der Waals surface area contributed by atoms with Crippen LogP contribution in [0.2, 0.25) is 0 Å². The maximum absolute atomic E-state index is 13.4. The molecule has 1 aliphatic rings. The van der Waals surface area contributed by atoms with Gasteiger partial charge in [-0.3, -0.25) is 0 Å². The van der Waals surface area contributed by atoms with Gasteiger partial charge in [-0.2, -0.15) is 0 Å². The highest BCUT2D eigenvalue weighted by molar-refractivity contribution is 5.74. The highest BCUT2D eigenvalue weighted by Crippen LogP contribution is 2.44. The van der Waals surface area contributed by atoms with Crippen LogP contribution in [0.25, 0.3) is 0 Å². The standard InChI is InChI=1S/C33H51N3O3/c1-6-26(4)14-12-20-33(38,30-18-10-11-19-31(30)39-29-16-8-7-9-17-29)27-15-13-21-36(24-27)32(37)35-28(23-34-5)22-25(2)3/h7-11,16-19,25-28,34,38H,6,12-15,20-24H2,1-5H3,(H,35,37)/t26?,27-,28+,33+/m1/s1. The van der Waals surface area contributed by atoms with Crippen molar-refractivity contribution in [1.29, 1.82) is 0 Å². The van der Waals surface area contributed by atoms with Crippen LogP contribution in [0.1, 0.15) is 78.2 Å². The van der Waals surface area contributed by atoms with E-state index < -0.39 is 5.60 Å². The third-order valence-electron chi connectivity index (χ3n) is 8.19. The number of nitrogens with one attached hydrogen (secondary N) is 2. The molecule has 4 atom stereocenters. The first-order chi connectivity index (χ1) is 18.8. The zero-order valence-electron chi connectivity index (χ0n) is 24.8. The van der Waals surface area contributed by atoms with Gasteiger partial charge in [-0.15, -0.1) is 0 Å². The Morgan fingerprint density at radius 1 is 1.13 bits per heavy atom. The van der Waals surface area contributed by atoms with Crippen LogP contribution in [-0.2, 0) is 5.60 Å². The predicted octanol–water partition coefficient (Wildman–Crippen LogP) is 6.94. The molecular weight excluding hydrogens is 486 g/mol. The van der Waals surface area contributed by atoms with Gasteiger partial charge >= 0.3 is 6.03 Å². The Morgan fingerprint density at radius 2 is 1.85 bits per heavy atom. The van der Waals surface area contributed by atoms with Crippen molar-refractivity contribution in [1.82, 2.24) is 15.5 Å². The average molecular weight is 538 g/mol. The Hall–Kier alpha value is -2.57. The third kappa shape index (κ3) is 8.97. The number of benzene rings is 2. The highest BCUT2D eigenvalue weighted by Gasteiger charge is 2.43. The van der Waals surface area contributed by atoms with Gasteiger partial charge in [0.15, 0.2) is 0 Å². The summed E-state index contributed by atoms with van der Waals surface area (Å²) in [5, 5.41) is 19.1. The fraction of sp³-hybridized carbons (Fsp3) is 0.606. The number of hydrogen-bond acceptors (Lipinski definition) is 4. The normalized spacial score (nSPS) is 18.8. The van der Waals surface area contributed by atoms with Gasteiger partial charge in [0.25, 0.3) is 0 Å². The van der Waals surface area contributed by atoms with Crippen molar-refractivity contribution in [3.63, 3.8) is 0 Å². The maximum atomic E-state index is 13.4. The minimum atomic E-state index is -1.10. The molecular formula is C33H51N3O3. The van der Waals surface area contributed by atoms with Gasteiger partial charge in [-0.05, 0) is 69.2 Å². The van der Waals surface area contributed by atoms with Crippen molar-refractivity contribution in [2.75, 3.05) is 26.7 Å². The summed E-state index contributed by atoms with van der Waals surface area (Å²) in [4.78, 5) is 15.3. The number of amides is 2. The molecule has 0 saturated carbocycles. The first-order valence-corrected chi connectivity index (χ1v) is 15.0. The van der Waals surface area contributed by atoms with Crippen molar-refractivity contribution in [3.05, 3.63) is 60.2 Å². The number of urea groups is 1. The van der Waals surface area contributed by atoms with E-state index >= 15 is 0 Å². The van der Waals surface area contributed by atoms with Gasteiger partial charge in [-0.1, -0.05) is 76.9 Å². The van der Waals surface area contributed by atoms with E-state index in [-0.39, 0.29) is 18.0 Å². The average Bonchev–Trinajstić information content (AvgIpc) is 2.93. The van der Waals surface area contributed by atoms with E-state index in [2.05, 4.69) is 38.3 Å². The number of carbonyl (C=O) groups excluding carboxylic acids is 1. The third-order valence-corrected chi connectivity index (χ3v) is 8.19.